The van der Waals surface area contributed by atoms with E-state index in [0.29, 0.717) is 63.7 Å². The van der Waals surface area contributed by atoms with Crippen molar-refractivity contribution >= 4 is 63.3 Å². The Balaban J connectivity index is 1.09. The number of esters is 1. The van der Waals surface area contributed by atoms with Gasteiger partial charge in [-0.15, -0.1) is 6.58 Å². The van der Waals surface area contributed by atoms with Crippen molar-refractivity contribution in [3.05, 3.63) is 41.6 Å². The van der Waals surface area contributed by atoms with Gasteiger partial charge in [-0.2, -0.15) is 0 Å². The zero-order valence-electron chi connectivity index (χ0n) is 38.0. The third-order valence-electron chi connectivity index (χ3n) is 13.6. The van der Waals surface area contributed by atoms with Crippen LogP contribution in [0.3, 0.4) is 0 Å². The van der Waals surface area contributed by atoms with Crippen LogP contribution in [0.2, 0.25) is 5.02 Å². The minimum atomic E-state index is -1.29. The number of alkyl carbamates (subject to hydrolysis) is 1. The van der Waals surface area contributed by atoms with Crippen LogP contribution in [0.5, 0.6) is 11.5 Å². The van der Waals surface area contributed by atoms with Gasteiger partial charge in [0.2, 0.25) is 11.8 Å². The Morgan fingerprint density at radius 3 is 2.47 bits per heavy atom. The number of pyridine rings is 1. The number of carbonyl (C=O) groups is 4. The first-order valence-corrected chi connectivity index (χ1v) is 24.4. The second-order valence-corrected chi connectivity index (χ2v) is 21.2. The molecule has 348 valence electrons. The SMILES string of the molecule is C=C[C@@H]1CC1(NC(=O)[C@@H]1C[C@@H](Oc2cc(C3CSC(NC(C)C)=N3)nc3c(Cl)c(OCCN4CCCCC4)ccc23)CN1C(=O)[C@@H](NC(=O)OC1C[C@@H]2C[C@@H]2C1)C(C)(C)C)C(=O)OC. The van der Waals surface area contributed by atoms with Crippen LogP contribution in [-0.4, -0.2) is 125 Å². The third-order valence-corrected chi connectivity index (χ3v) is 14.9. The molecule has 3 N–H and O–H groups in total. The molecule has 64 heavy (non-hydrogen) atoms. The molecule has 3 aliphatic carbocycles. The zero-order chi connectivity index (χ0) is 45.5. The number of fused-ring (bicyclic) bond motifs is 2. The number of rotatable bonds is 15. The highest BCUT2D eigenvalue weighted by Gasteiger charge is 2.62. The molecule has 2 saturated heterocycles. The van der Waals surface area contributed by atoms with Crippen LogP contribution in [0.25, 0.3) is 10.9 Å². The van der Waals surface area contributed by atoms with Gasteiger partial charge in [0, 0.05) is 42.1 Å². The van der Waals surface area contributed by atoms with E-state index in [4.69, 9.17) is 40.5 Å². The highest BCUT2D eigenvalue weighted by Crippen LogP contribution is 2.52. The molecule has 6 aliphatic rings. The van der Waals surface area contributed by atoms with Gasteiger partial charge >= 0.3 is 12.1 Å². The Hall–Kier alpha value is -4.28. The maximum Gasteiger partial charge on any atom is 0.408 e. The van der Waals surface area contributed by atoms with Crippen molar-refractivity contribution in [3.8, 4) is 11.5 Å². The predicted molar refractivity (Wildman–Crippen MR) is 247 cm³/mol. The zero-order valence-corrected chi connectivity index (χ0v) is 39.5. The molecule has 0 radical (unpaired) electrons. The van der Waals surface area contributed by atoms with Crippen LogP contribution in [0.1, 0.15) is 97.7 Å². The van der Waals surface area contributed by atoms with Gasteiger partial charge in [-0.25, -0.2) is 14.6 Å². The van der Waals surface area contributed by atoms with E-state index < -0.39 is 53.0 Å². The van der Waals surface area contributed by atoms with Crippen LogP contribution in [0.15, 0.2) is 35.8 Å². The normalized spacial score (nSPS) is 29.1. The number of ether oxygens (including phenoxy) is 4. The third kappa shape index (κ3) is 10.1. The Bertz CT molecular complexity index is 2150. The molecule has 8 rings (SSSR count). The van der Waals surface area contributed by atoms with Crippen LogP contribution < -0.4 is 25.4 Å². The van der Waals surface area contributed by atoms with Gasteiger partial charge in [0.1, 0.15) is 59.0 Å². The Labute approximate surface area is 385 Å². The molecular weight excluding hydrogens is 858 g/mol. The second kappa shape index (κ2) is 18.9. The van der Waals surface area contributed by atoms with Gasteiger partial charge in [0.05, 0.1) is 24.9 Å². The molecule has 9 atom stereocenters. The predicted octanol–water partition coefficient (Wildman–Crippen LogP) is 6.42. The lowest BCUT2D eigenvalue weighted by atomic mass is 9.85. The molecule has 2 aromatic rings. The minimum Gasteiger partial charge on any atom is -0.491 e. The second-order valence-electron chi connectivity index (χ2n) is 19.8. The summed E-state index contributed by atoms with van der Waals surface area (Å²) in [6.07, 6.45) is 6.97. The number of aromatic nitrogens is 1. The maximum atomic E-state index is 14.9. The quantitative estimate of drug-likeness (QED) is 0.133. The molecule has 1 aromatic heterocycles. The molecule has 17 heteroatoms. The summed E-state index contributed by atoms with van der Waals surface area (Å²) in [5.74, 6) is 0.937. The first kappa shape index (κ1) is 46.3. The van der Waals surface area contributed by atoms with E-state index in [1.807, 2.05) is 39.0 Å². The van der Waals surface area contributed by atoms with Gasteiger partial charge in [-0.3, -0.25) is 19.5 Å². The van der Waals surface area contributed by atoms with Gasteiger partial charge in [0.15, 0.2) is 5.17 Å². The number of aliphatic imine (C=N–C) groups is 1. The first-order chi connectivity index (χ1) is 30.6. The van der Waals surface area contributed by atoms with E-state index in [2.05, 4.69) is 41.3 Å². The number of methoxy groups -OCH3 is 1. The summed E-state index contributed by atoms with van der Waals surface area (Å²) in [4.78, 5) is 69.8. The number of amides is 3. The molecule has 0 spiro atoms. The van der Waals surface area contributed by atoms with Crippen molar-refractivity contribution in [2.24, 2.45) is 28.2 Å². The number of hydrogen-bond acceptors (Lipinski definition) is 13. The van der Waals surface area contributed by atoms with Crippen LogP contribution in [-0.2, 0) is 23.9 Å². The number of piperidine rings is 1. The fourth-order valence-corrected chi connectivity index (χ4v) is 11.2. The van der Waals surface area contributed by atoms with Crippen molar-refractivity contribution in [2.45, 2.75) is 128 Å². The topological polar surface area (TPSA) is 173 Å². The smallest absolute Gasteiger partial charge is 0.408 e. The molecule has 4 heterocycles. The van der Waals surface area contributed by atoms with Crippen LogP contribution in [0, 0.1) is 23.2 Å². The van der Waals surface area contributed by atoms with Crippen molar-refractivity contribution in [1.29, 1.82) is 0 Å². The monoisotopic (exact) mass is 921 g/mol. The van der Waals surface area contributed by atoms with E-state index in [9.17, 15) is 19.2 Å². The standard InChI is InChI=1S/C47H64ClN7O8S/c1-8-29-23-47(29,43(58)60-7)53-41(56)35-21-31(24-55(35)42(57)40(46(4,5)6)52-45(59)63-30-19-27-18-28(27)20-30)62-37-22-33(34-25-64-44(51-34)49-26(2)3)50-39-32(37)12-13-36(38(39)48)61-17-16-54-14-10-9-11-15-54/h8,12-13,22,26-31,34-35,40H,1,9-11,14-21,23-25H2,2-7H3,(H,49,51)(H,52,59)(H,53,56)/t27-,28+,29-,30?,31-,34?,35+,40-,47?/m1/s1. The lowest BCUT2D eigenvalue weighted by molar-refractivity contribution is -0.148. The number of likely N-dealkylation sites (tertiary alicyclic amines) is 2. The summed E-state index contributed by atoms with van der Waals surface area (Å²) in [6.45, 7) is 17.0. The number of thioether (sulfide) groups is 1. The van der Waals surface area contributed by atoms with Crippen molar-refractivity contribution < 1.29 is 38.1 Å². The number of halogens is 1. The lowest BCUT2D eigenvalue weighted by Gasteiger charge is -2.35. The van der Waals surface area contributed by atoms with Gasteiger partial charge in [-0.05, 0) is 94.8 Å². The number of hydrogen-bond donors (Lipinski definition) is 3. The number of amidine groups is 1. The van der Waals surface area contributed by atoms with Crippen molar-refractivity contribution in [1.82, 2.24) is 30.7 Å². The molecule has 0 bridgehead atoms. The number of nitrogens with zero attached hydrogens (tertiary/aromatic N) is 4. The molecule has 3 unspecified atom stereocenters. The van der Waals surface area contributed by atoms with E-state index in [1.165, 1.54) is 37.7 Å². The summed E-state index contributed by atoms with van der Waals surface area (Å²) in [6, 6.07) is 3.38. The molecule has 3 aliphatic heterocycles. The van der Waals surface area contributed by atoms with E-state index in [1.54, 1.807) is 17.8 Å². The summed E-state index contributed by atoms with van der Waals surface area (Å²) < 4.78 is 24.1. The summed E-state index contributed by atoms with van der Waals surface area (Å²) in [5.41, 5.74) is -0.912. The maximum absolute atomic E-state index is 14.9. The van der Waals surface area contributed by atoms with Crippen LogP contribution in [0.4, 0.5) is 4.79 Å². The number of nitrogens with one attached hydrogen (secondary N) is 3. The van der Waals surface area contributed by atoms with Crippen molar-refractivity contribution in [3.63, 3.8) is 0 Å². The molecule has 1 aromatic carbocycles. The highest BCUT2D eigenvalue weighted by atomic mass is 35.5. The summed E-state index contributed by atoms with van der Waals surface area (Å²) >= 11 is 8.78. The lowest BCUT2D eigenvalue weighted by Crippen LogP contribution is -2.59. The number of benzene rings is 1. The Morgan fingerprint density at radius 1 is 1.05 bits per heavy atom. The van der Waals surface area contributed by atoms with E-state index in [0.717, 1.165) is 37.6 Å². The van der Waals surface area contributed by atoms with Gasteiger partial charge in [0.25, 0.3) is 0 Å². The Morgan fingerprint density at radius 2 is 1.80 bits per heavy atom. The van der Waals surface area contributed by atoms with Gasteiger partial charge in [-0.1, -0.05) is 56.6 Å². The van der Waals surface area contributed by atoms with E-state index in [-0.39, 0.29) is 37.1 Å². The average molecular weight is 923 g/mol. The largest absolute Gasteiger partial charge is 0.491 e. The Kier molecular flexibility index (Phi) is 13.7. The van der Waals surface area contributed by atoms with Crippen LogP contribution >= 0.6 is 23.4 Å². The fraction of sp³-hybridized carbons (Fsp3) is 0.660. The molecular formula is C47H64ClN7O8S. The van der Waals surface area contributed by atoms with Gasteiger partial charge < -0.3 is 39.8 Å². The minimum absolute atomic E-state index is 0.00674. The molecule has 3 saturated carbocycles. The highest BCUT2D eigenvalue weighted by molar-refractivity contribution is 8.14. The molecule has 5 fully saturated rings. The average Bonchev–Trinajstić information content (AvgIpc) is 3.92. The number of carbonyl (C=O) groups excluding carboxylic acids is 4. The first-order valence-electron chi connectivity index (χ1n) is 23.0. The summed E-state index contributed by atoms with van der Waals surface area (Å²) in [5, 5.41) is 11.0. The van der Waals surface area contributed by atoms with Crippen molar-refractivity contribution in [2.75, 3.05) is 45.6 Å². The molecule has 3 amide bonds. The molecule has 15 nitrogen and oxygen atoms in total. The summed E-state index contributed by atoms with van der Waals surface area (Å²) in [7, 11) is 1.28. The fourth-order valence-electron chi connectivity index (χ4n) is 9.84. The van der Waals surface area contributed by atoms with E-state index >= 15 is 0 Å².